The minimum atomic E-state index is -0.454. The Morgan fingerprint density at radius 3 is 2.42 bits per heavy atom. The van der Waals surface area contributed by atoms with Gasteiger partial charge in [0.2, 0.25) is 5.91 Å². The van der Waals surface area contributed by atoms with Gasteiger partial charge in [0.1, 0.15) is 0 Å². The molecule has 0 heterocycles. The third kappa shape index (κ3) is 3.51. The summed E-state index contributed by atoms with van der Waals surface area (Å²) >= 11 is 1.71. The van der Waals surface area contributed by atoms with E-state index in [0.717, 1.165) is 11.3 Å². The summed E-state index contributed by atoms with van der Waals surface area (Å²) in [5.74, 6) is 0.318. The number of rotatable bonds is 4. The van der Waals surface area contributed by atoms with E-state index in [1.807, 2.05) is 6.07 Å². The highest BCUT2D eigenvalue weighted by atomic mass is 32.2. The smallest absolute Gasteiger partial charge is 0.248 e. The van der Waals surface area contributed by atoms with Gasteiger partial charge in [-0.1, -0.05) is 23.8 Å². The van der Waals surface area contributed by atoms with Crippen LogP contribution in [0.25, 0.3) is 0 Å². The number of carbonyl (C=O) groups is 1. The first-order valence-electron chi connectivity index (χ1n) is 5.94. The fraction of sp³-hybridized carbons (Fsp3) is 0.133. The Morgan fingerprint density at radius 1 is 1.16 bits per heavy atom. The van der Waals surface area contributed by atoms with Crippen molar-refractivity contribution in [2.45, 2.75) is 17.6 Å². The normalized spacial score (nSPS) is 10.4. The zero-order chi connectivity index (χ0) is 13.8. The molecule has 0 radical (unpaired) electrons. The monoisotopic (exact) mass is 272 g/mol. The first kappa shape index (κ1) is 13.5. The molecule has 0 aliphatic rings. The largest absolute Gasteiger partial charge is 0.398 e. The maximum atomic E-state index is 11.0. The Bertz CT molecular complexity index is 594. The molecule has 0 aliphatic heterocycles. The molecule has 0 bridgehead atoms. The van der Waals surface area contributed by atoms with E-state index in [-0.39, 0.29) is 0 Å². The average molecular weight is 272 g/mol. The SMILES string of the molecule is Cc1ccc(SCc2ccc(C(N)=O)cc2N)cc1. The molecule has 98 valence electrons. The zero-order valence-corrected chi connectivity index (χ0v) is 11.5. The lowest BCUT2D eigenvalue weighted by Gasteiger charge is -2.07. The highest BCUT2D eigenvalue weighted by Gasteiger charge is 2.05. The molecule has 2 rings (SSSR count). The number of hydrogen-bond donors (Lipinski definition) is 2. The van der Waals surface area contributed by atoms with Crippen LogP contribution in [0, 0.1) is 6.92 Å². The number of nitrogen functional groups attached to an aromatic ring is 1. The first-order valence-corrected chi connectivity index (χ1v) is 6.92. The highest BCUT2D eigenvalue weighted by Crippen LogP contribution is 2.26. The van der Waals surface area contributed by atoms with Crippen LogP contribution in [0.1, 0.15) is 21.5 Å². The highest BCUT2D eigenvalue weighted by molar-refractivity contribution is 7.98. The lowest BCUT2D eigenvalue weighted by Crippen LogP contribution is -2.11. The number of aryl methyl sites for hydroxylation is 1. The molecule has 0 unspecified atom stereocenters. The number of nitrogens with two attached hydrogens (primary N) is 2. The predicted octanol–water partition coefficient (Wildman–Crippen LogP) is 2.97. The molecule has 2 aromatic rings. The van der Waals surface area contributed by atoms with Crippen LogP contribution < -0.4 is 11.5 Å². The Hall–Kier alpha value is -1.94. The van der Waals surface area contributed by atoms with Gasteiger partial charge < -0.3 is 11.5 Å². The standard InChI is InChI=1S/C15H16N2OS/c1-10-2-6-13(7-3-10)19-9-12-5-4-11(15(17)18)8-14(12)16/h2-8H,9,16H2,1H3,(H2,17,18). The van der Waals surface area contributed by atoms with Gasteiger partial charge in [-0.05, 0) is 36.8 Å². The van der Waals surface area contributed by atoms with Gasteiger partial charge in [0.15, 0.2) is 0 Å². The van der Waals surface area contributed by atoms with Crippen LogP contribution in [-0.2, 0) is 5.75 Å². The lowest BCUT2D eigenvalue weighted by atomic mass is 10.1. The van der Waals surface area contributed by atoms with E-state index in [4.69, 9.17) is 11.5 Å². The first-order chi connectivity index (χ1) is 9.06. The Balaban J connectivity index is 2.07. The summed E-state index contributed by atoms with van der Waals surface area (Å²) in [4.78, 5) is 12.2. The number of hydrogen-bond acceptors (Lipinski definition) is 3. The van der Waals surface area contributed by atoms with E-state index in [0.29, 0.717) is 11.3 Å². The zero-order valence-electron chi connectivity index (χ0n) is 10.7. The average Bonchev–Trinajstić information content (AvgIpc) is 2.39. The molecular weight excluding hydrogens is 256 g/mol. The number of carbonyl (C=O) groups excluding carboxylic acids is 1. The second-order valence-electron chi connectivity index (χ2n) is 4.38. The predicted molar refractivity (Wildman–Crippen MR) is 80.1 cm³/mol. The number of amides is 1. The van der Waals surface area contributed by atoms with Gasteiger partial charge in [0, 0.05) is 21.9 Å². The maximum Gasteiger partial charge on any atom is 0.248 e. The van der Waals surface area contributed by atoms with Gasteiger partial charge in [0.05, 0.1) is 0 Å². The van der Waals surface area contributed by atoms with Crippen LogP contribution >= 0.6 is 11.8 Å². The molecule has 1 amide bonds. The van der Waals surface area contributed by atoms with Gasteiger partial charge in [-0.15, -0.1) is 11.8 Å². The van der Waals surface area contributed by atoms with Crippen molar-refractivity contribution in [3.8, 4) is 0 Å². The van der Waals surface area contributed by atoms with Crippen molar-refractivity contribution >= 4 is 23.4 Å². The van der Waals surface area contributed by atoms with E-state index in [9.17, 15) is 4.79 Å². The molecule has 0 spiro atoms. The minimum absolute atomic E-state index is 0.446. The topological polar surface area (TPSA) is 69.1 Å². The lowest BCUT2D eigenvalue weighted by molar-refractivity contribution is 0.100. The molecule has 0 aromatic heterocycles. The molecule has 4 N–H and O–H groups in total. The van der Waals surface area contributed by atoms with E-state index in [1.54, 1.807) is 23.9 Å². The number of anilines is 1. The molecule has 3 nitrogen and oxygen atoms in total. The Morgan fingerprint density at radius 2 is 1.84 bits per heavy atom. The molecular formula is C15H16N2OS. The molecule has 0 saturated heterocycles. The van der Waals surface area contributed by atoms with Crippen molar-refractivity contribution in [1.29, 1.82) is 0 Å². The third-order valence-corrected chi connectivity index (χ3v) is 3.91. The van der Waals surface area contributed by atoms with Crippen LogP contribution in [0.2, 0.25) is 0 Å². The maximum absolute atomic E-state index is 11.0. The third-order valence-electron chi connectivity index (χ3n) is 2.85. The fourth-order valence-corrected chi connectivity index (χ4v) is 2.59. The van der Waals surface area contributed by atoms with Crippen LogP contribution in [-0.4, -0.2) is 5.91 Å². The molecule has 0 atom stereocenters. The quantitative estimate of drug-likeness (QED) is 0.664. The Labute approximate surface area is 117 Å². The number of primary amides is 1. The van der Waals surface area contributed by atoms with Gasteiger partial charge in [-0.3, -0.25) is 4.79 Å². The summed E-state index contributed by atoms with van der Waals surface area (Å²) in [6.07, 6.45) is 0. The van der Waals surface area contributed by atoms with Crippen LogP contribution in [0.15, 0.2) is 47.4 Å². The second-order valence-corrected chi connectivity index (χ2v) is 5.43. The summed E-state index contributed by atoms with van der Waals surface area (Å²) in [6.45, 7) is 2.06. The van der Waals surface area contributed by atoms with Crippen molar-refractivity contribution in [2.75, 3.05) is 5.73 Å². The minimum Gasteiger partial charge on any atom is -0.398 e. The van der Waals surface area contributed by atoms with E-state index in [2.05, 4.69) is 31.2 Å². The molecule has 0 aliphatic carbocycles. The molecule has 2 aromatic carbocycles. The molecule has 4 heteroatoms. The summed E-state index contributed by atoms with van der Waals surface area (Å²) in [5, 5.41) is 0. The van der Waals surface area contributed by atoms with Crippen LogP contribution in [0.4, 0.5) is 5.69 Å². The molecule has 0 saturated carbocycles. The van der Waals surface area contributed by atoms with E-state index >= 15 is 0 Å². The number of benzene rings is 2. The van der Waals surface area contributed by atoms with Crippen molar-refractivity contribution in [3.05, 3.63) is 59.2 Å². The van der Waals surface area contributed by atoms with Gasteiger partial charge >= 0.3 is 0 Å². The fourth-order valence-electron chi connectivity index (χ4n) is 1.68. The van der Waals surface area contributed by atoms with Gasteiger partial charge in [-0.25, -0.2) is 0 Å². The summed E-state index contributed by atoms with van der Waals surface area (Å²) < 4.78 is 0. The molecule has 0 fully saturated rings. The van der Waals surface area contributed by atoms with Crippen LogP contribution in [0.5, 0.6) is 0 Å². The van der Waals surface area contributed by atoms with Crippen molar-refractivity contribution in [1.82, 2.24) is 0 Å². The number of thioether (sulfide) groups is 1. The van der Waals surface area contributed by atoms with Crippen LogP contribution in [0.3, 0.4) is 0 Å². The summed E-state index contributed by atoms with van der Waals surface area (Å²) in [7, 11) is 0. The summed E-state index contributed by atoms with van der Waals surface area (Å²) in [5.41, 5.74) is 14.4. The van der Waals surface area contributed by atoms with E-state index in [1.165, 1.54) is 10.5 Å². The van der Waals surface area contributed by atoms with Crippen molar-refractivity contribution in [3.63, 3.8) is 0 Å². The van der Waals surface area contributed by atoms with Crippen molar-refractivity contribution in [2.24, 2.45) is 5.73 Å². The van der Waals surface area contributed by atoms with Gasteiger partial charge in [0.25, 0.3) is 0 Å². The van der Waals surface area contributed by atoms with Gasteiger partial charge in [-0.2, -0.15) is 0 Å². The summed E-state index contributed by atoms with van der Waals surface area (Å²) in [6, 6.07) is 13.6. The van der Waals surface area contributed by atoms with E-state index < -0.39 is 5.91 Å². The molecule has 19 heavy (non-hydrogen) atoms. The Kier molecular flexibility index (Phi) is 4.12. The van der Waals surface area contributed by atoms with Crippen molar-refractivity contribution < 1.29 is 4.79 Å². The second kappa shape index (κ2) is 5.80.